The molecule has 8 rings (SSSR count). The molecule has 0 aliphatic rings. The molecule has 0 spiro atoms. The minimum Gasteiger partial charge on any atom is -0.310 e. The van der Waals surface area contributed by atoms with Crippen molar-refractivity contribution >= 4 is 49.4 Å². The minimum atomic E-state index is 1.12. The molecule has 1 heteroatoms. The predicted octanol–water partition coefficient (Wildman–Crippen LogP) is 11.9. The van der Waals surface area contributed by atoms with Crippen LogP contribution in [0.15, 0.2) is 176 Å². The van der Waals surface area contributed by atoms with Crippen LogP contribution in [0.3, 0.4) is 0 Å². The van der Waals surface area contributed by atoms with Crippen LogP contribution in [0.5, 0.6) is 0 Å². The topological polar surface area (TPSA) is 3.24 Å². The van der Waals surface area contributed by atoms with E-state index in [0.29, 0.717) is 0 Å². The number of anilines is 3. The van der Waals surface area contributed by atoms with Gasteiger partial charge in [0.1, 0.15) is 0 Å². The minimum absolute atomic E-state index is 1.12. The summed E-state index contributed by atoms with van der Waals surface area (Å²) in [7, 11) is 0. The van der Waals surface area contributed by atoms with E-state index < -0.39 is 0 Å². The van der Waals surface area contributed by atoms with Crippen molar-refractivity contribution in [3.8, 4) is 22.3 Å². The Balaban J connectivity index is 1.39. The summed E-state index contributed by atoms with van der Waals surface area (Å²) in [5, 5.41) is 7.57. The molecule has 0 fully saturated rings. The lowest BCUT2D eigenvalue weighted by atomic mass is 9.94. The van der Waals surface area contributed by atoms with Crippen LogP contribution in [0.25, 0.3) is 54.6 Å². The molecule has 0 N–H and O–H groups in total. The van der Waals surface area contributed by atoms with Crippen LogP contribution in [0, 0.1) is 0 Å². The van der Waals surface area contributed by atoms with Crippen LogP contribution in [-0.2, 0) is 0 Å². The van der Waals surface area contributed by atoms with Gasteiger partial charge in [0.05, 0.1) is 5.69 Å². The fraction of sp³-hybridized carbons (Fsp3) is 0. The number of hydrogen-bond acceptors (Lipinski definition) is 1. The fourth-order valence-electron chi connectivity index (χ4n) is 6.36. The molecule has 0 amide bonds. The van der Waals surface area contributed by atoms with Crippen molar-refractivity contribution in [3.63, 3.8) is 0 Å². The third-order valence-corrected chi connectivity index (χ3v) is 8.41. The molecule has 0 saturated heterocycles. The average molecular weight is 548 g/mol. The van der Waals surface area contributed by atoms with Crippen LogP contribution in [-0.4, -0.2) is 0 Å². The number of rotatable bonds is 5. The molecular weight excluding hydrogens is 518 g/mol. The van der Waals surface area contributed by atoms with Gasteiger partial charge in [-0.25, -0.2) is 0 Å². The number of fused-ring (bicyclic) bond motifs is 5. The smallest absolute Gasteiger partial charge is 0.0546 e. The van der Waals surface area contributed by atoms with E-state index in [-0.39, 0.29) is 0 Å². The van der Waals surface area contributed by atoms with E-state index in [0.717, 1.165) is 17.1 Å². The average Bonchev–Trinajstić information content (AvgIpc) is 3.09. The normalized spacial score (nSPS) is 11.3. The maximum absolute atomic E-state index is 2.41. The van der Waals surface area contributed by atoms with Crippen molar-refractivity contribution in [1.82, 2.24) is 0 Å². The zero-order chi connectivity index (χ0) is 28.6. The lowest BCUT2D eigenvalue weighted by Crippen LogP contribution is -2.11. The highest BCUT2D eigenvalue weighted by molar-refractivity contribution is 6.23. The molecule has 8 aromatic rings. The first-order valence-corrected chi connectivity index (χ1v) is 14.8. The molecule has 0 radical (unpaired) electrons. The van der Waals surface area contributed by atoms with Crippen molar-refractivity contribution in [2.45, 2.75) is 0 Å². The standard InChI is InChI=1S/C42H29N/c1-3-12-30(13-4-1)32-24-26-36(27-25-32)43(37-18-11-17-34(28-37)31-14-5-2-6-15-31)41-29-35-23-22-33-16-7-8-19-38(33)42(35)40-21-10-9-20-39(40)41/h1-29H. The fourth-order valence-corrected chi connectivity index (χ4v) is 6.36. The third-order valence-electron chi connectivity index (χ3n) is 8.41. The molecule has 202 valence electrons. The number of nitrogens with zero attached hydrogens (tertiary/aromatic N) is 1. The van der Waals surface area contributed by atoms with Gasteiger partial charge in [0.2, 0.25) is 0 Å². The van der Waals surface area contributed by atoms with Crippen molar-refractivity contribution in [2.24, 2.45) is 0 Å². The Morgan fingerprint density at radius 1 is 0.302 bits per heavy atom. The van der Waals surface area contributed by atoms with Crippen molar-refractivity contribution in [2.75, 3.05) is 4.90 Å². The van der Waals surface area contributed by atoms with Gasteiger partial charge in [-0.3, -0.25) is 0 Å². The summed E-state index contributed by atoms with van der Waals surface area (Å²) in [4.78, 5) is 2.41. The molecule has 0 heterocycles. The summed E-state index contributed by atoms with van der Waals surface area (Å²) in [6.07, 6.45) is 0. The molecule has 0 unspecified atom stereocenters. The Kier molecular flexibility index (Phi) is 6.20. The maximum Gasteiger partial charge on any atom is 0.0546 e. The largest absolute Gasteiger partial charge is 0.310 e. The highest BCUT2D eigenvalue weighted by Crippen LogP contribution is 2.44. The summed E-state index contributed by atoms with van der Waals surface area (Å²) in [5.74, 6) is 0. The Morgan fingerprint density at radius 3 is 1.60 bits per heavy atom. The van der Waals surface area contributed by atoms with Gasteiger partial charge < -0.3 is 4.90 Å². The van der Waals surface area contributed by atoms with Crippen molar-refractivity contribution < 1.29 is 0 Å². The van der Waals surface area contributed by atoms with Crippen LogP contribution in [0.1, 0.15) is 0 Å². The van der Waals surface area contributed by atoms with Crippen LogP contribution < -0.4 is 4.90 Å². The van der Waals surface area contributed by atoms with Crippen LogP contribution in [0.4, 0.5) is 17.1 Å². The summed E-state index contributed by atoms with van der Waals surface area (Å²) in [6.45, 7) is 0. The first-order valence-electron chi connectivity index (χ1n) is 14.8. The van der Waals surface area contributed by atoms with Gasteiger partial charge in [0.25, 0.3) is 0 Å². The molecule has 0 aromatic heterocycles. The lowest BCUT2D eigenvalue weighted by molar-refractivity contribution is 1.30. The van der Waals surface area contributed by atoms with Gasteiger partial charge in [-0.15, -0.1) is 0 Å². The van der Waals surface area contributed by atoms with Crippen LogP contribution >= 0.6 is 0 Å². The van der Waals surface area contributed by atoms with E-state index in [1.54, 1.807) is 0 Å². The molecule has 0 saturated carbocycles. The monoisotopic (exact) mass is 547 g/mol. The first-order chi connectivity index (χ1) is 21.3. The zero-order valence-electron chi connectivity index (χ0n) is 23.7. The zero-order valence-corrected chi connectivity index (χ0v) is 23.7. The Hall–Kier alpha value is -5.66. The molecular formula is C42H29N. The third kappa shape index (κ3) is 4.52. The highest BCUT2D eigenvalue weighted by Gasteiger charge is 2.19. The van der Waals surface area contributed by atoms with E-state index in [9.17, 15) is 0 Å². The molecule has 0 aliphatic carbocycles. The first kappa shape index (κ1) is 25.1. The van der Waals surface area contributed by atoms with Gasteiger partial charge in [-0.05, 0) is 79.5 Å². The Morgan fingerprint density at radius 2 is 0.860 bits per heavy atom. The summed E-state index contributed by atoms with van der Waals surface area (Å²) in [5.41, 5.74) is 8.23. The molecule has 0 bridgehead atoms. The molecule has 0 aliphatic heterocycles. The molecule has 43 heavy (non-hydrogen) atoms. The van der Waals surface area contributed by atoms with E-state index in [1.807, 2.05) is 0 Å². The van der Waals surface area contributed by atoms with Gasteiger partial charge in [0.15, 0.2) is 0 Å². The SMILES string of the molecule is c1ccc(-c2ccc(N(c3cccc(-c4ccccc4)c3)c3cc4ccc5ccccc5c4c4ccccc34)cc2)cc1. The second-order valence-electron chi connectivity index (χ2n) is 11.0. The predicted molar refractivity (Wildman–Crippen MR) is 185 cm³/mol. The Labute approximate surface area is 251 Å². The van der Waals surface area contributed by atoms with E-state index in [4.69, 9.17) is 0 Å². The second kappa shape index (κ2) is 10.6. The van der Waals surface area contributed by atoms with Gasteiger partial charge >= 0.3 is 0 Å². The quantitative estimate of drug-likeness (QED) is 0.194. The lowest BCUT2D eigenvalue weighted by Gasteiger charge is -2.28. The van der Waals surface area contributed by atoms with E-state index in [2.05, 4.69) is 181 Å². The maximum atomic E-state index is 2.41. The highest BCUT2D eigenvalue weighted by atomic mass is 15.1. The van der Waals surface area contributed by atoms with Gasteiger partial charge in [0, 0.05) is 16.8 Å². The Bertz CT molecular complexity index is 2220. The number of benzene rings is 8. The van der Waals surface area contributed by atoms with Gasteiger partial charge in [-0.1, -0.05) is 146 Å². The van der Waals surface area contributed by atoms with Gasteiger partial charge in [-0.2, -0.15) is 0 Å². The molecule has 0 atom stereocenters. The molecule has 8 aromatic carbocycles. The van der Waals surface area contributed by atoms with E-state index >= 15 is 0 Å². The second-order valence-corrected chi connectivity index (χ2v) is 11.0. The van der Waals surface area contributed by atoms with Crippen LogP contribution in [0.2, 0.25) is 0 Å². The molecule has 1 nitrogen and oxygen atoms in total. The summed E-state index contributed by atoms with van der Waals surface area (Å²) >= 11 is 0. The summed E-state index contributed by atoms with van der Waals surface area (Å²) in [6, 6.07) is 63.5. The summed E-state index contributed by atoms with van der Waals surface area (Å²) < 4.78 is 0. The number of hydrogen-bond donors (Lipinski definition) is 0. The van der Waals surface area contributed by atoms with Crippen molar-refractivity contribution in [1.29, 1.82) is 0 Å². The van der Waals surface area contributed by atoms with E-state index in [1.165, 1.54) is 54.6 Å². The van der Waals surface area contributed by atoms with Crippen molar-refractivity contribution in [3.05, 3.63) is 176 Å².